The summed E-state index contributed by atoms with van der Waals surface area (Å²) in [5.74, 6) is 2.44. The lowest BCUT2D eigenvalue weighted by atomic mass is 9.80. The molecule has 1 unspecified atom stereocenters. The zero-order chi connectivity index (χ0) is 16.2. The number of methoxy groups -OCH3 is 2. The molecule has 1 N–H and O–H groups in total. The Bertz CT molecular complexity index is 681. The molecule has 1 aliphatic carbocycles. The average Bonchev–Trinajstić information content (AvgIpc) is 2.61. The number of ether oxygens (including phenoxy) is 2. The van der Waals surface area contributed by atoms with Crippen LogP contribution in [-0.2, 0) is 12.8 Å². The van der Waals surface area contributed by atoms with E-state index >= 15 is 0 Å². The lowest BCUT2D eigenvalue weighted by Crippen LogP contribution is -2.13. The predicted octanol–water partition coefficient (Wildman–Crippen LogP) is 4.41. The maximum Gasteiger partial charge on any atom is 0.141 e. The van der Waals surface area contributed by atoms with Crippen molar-refractivity contribution in [3.63, 3.8) is 0 Å². The van der Waals surface area contributed by atoms with Crippen LogP contribution in [0.5, 0.6) is 11.5 Å². The Morgan fingerprint density at radius 3 is 2.65 bits per heavy atom. The normalized spacial score (nSPS) is 16.6. The van der Waals surface area contributed by atoms with E-state index < -0.39 is 0 Å². The predicted molar refractivity (Wildman–Crippen MR) is 94.9 cm³/mol. The van der Waals surface area contributed by atoms with Gasteiger partial charge in [-0.2, -0.15) is 0 Å². The molecule has 23 heavy (non-hydrogen) atoms. The summed E-state index contributed by atoms with van der Waals surface area (Å²) < 4.78 is 10.8. The first kappa shape index (κ1) is 15.7. The van der Waals surface area contributed by atoms with Gasteiger partial charge in [-0.3, -0.25) is 0 Å². The van der Waals surface area contributed by atoms with Crippen molar-refractivity contribution in [1.29, 1.82) is 0 Å². The van der Waals surface area contributed by atoms with Crippen LogP contribution in [0.1, 0.15) is 36.0 Å². The average molecular weight is 311 g/mol. The number of anilines is 1. The van der Waals surface area contributed by atoms with Crippen molar-refractivity contribution >= 4 is 5.69 Å². The quantitative estimate of drug-likeness (QED) is 0.887. The summed E-state index contributed by atoms with van der Waals surface area (Å²) in [4.78, 5) is 0. The lowest BCUT2D eigenvalue weighted by Gasteiger charge is -2.26. The smallest absolute Gasteiger partial charge is 0.141 e. The van der Waals surface area contributed by atoms with Crippen LogP contribution in [-0.4, -0.2) is 20.8 Å². The molecule has 0 fully saturated rings. The standard InChI is InChI=1S/C20H25NO2/c1-4-21-19-13-17(8-10-20(19)23-3)14-5-6-16-12-18(22-2)9-7-15(16)11-14/h7-10,12-14,21H,4-6,11H2,1-3H3. The molecule has 2 aromatic rings. The zero-order valence-corrected chi connectivity index (χ0v) is 14.2. The molecule has 0 aromatic heterocycles. The van der Waals surface area contributed by atoms with Gasteiger partial charge in [0.2, 0.25) is 0 Å². The molecule has 122 valence electrons. The van der Waals surface area contributed by atoms with Crippen molar-refractivity contribution in [1.82, 2.24) is 0 Å². The molecule has 0 bridgehead atoms. The largest absolute Gasteiger partial charge is 0.497 e. The summed E-state index contributed by atoms with van der Waals surface area (Å²) >= 11 is 0. The van der Waals surface area contributed by atoms with Crippen LogP contribution in [0.25, 0.3) is 0 Å². The fourth-order valence-corrected chi connectivity index (χ4v) is 3.45. The Labute approximate surface area is 138 Å². The number of benzene rings is 2. The lowest BCUT2D eigenvalue weighted by molar-refractivity contribution is 0.413. The van der Waals surface area contributed by atoms with Crippen LogP contribution in [0.2, 0.25) is 0 Å². The van der Waals surface area contributed by atoms with Crippen molar-refractivity contribution in [2.24, 2.45) is 0 Å². The summed E-state index contributed by atoms with van der Waals surface area (Å²) in [7, 11) is 3.45. The number of rotatable bonds is 5. The van der Waals surface area contributed by atoms with E-state index in [1.54, 1.807) is 14.2 Å². The van der Waals surface area contributed by atoms with E-state index in [1.807, 2.05) is 0 Å². The third-order valence-corrected chi connectivity index (χ3v) is 4.70. The molecule has 0 heterocycles. The molecular weight excluding hydrogens is 286 g/mol. The van der Waals surface area contributed by atoms with Gasteiger partial charge in [0.15, 0.2) is 0 Å². The SMILES string of the molecule is CCNc1cc(C2CCc3cc(OC)ccc3C2)ccc1OC. The molecule has 1 atom stereocenters. The number of hydrogen-bond donors (Lipinski definition) is 1. The Kier molecular flexibility index (Phi) is 4.75. The van der Waals surface area contributed by atoms with Gasteiger partial charge < -0.3 is 14.8 Å². The third-order valence-electron chi connectivity index (χ3n) is 4.70. The van der Waals surface area contributed by atoms with Gasteiger partial charge in [0.25, 0.3) is 0 Å². The Morgan fingerprint density at radius 2 is 1.91 bits per heavy atom. The van der Waals surface area contributed by atoms with Crippen molar-refractivity contribution in [2.45, 2.75) is 32.1 Å². The van der Waals surface area contributed by atoms with Gasteiger partial charge >= 0.3 is 0 Å². The molecule has 3 heteroatoms. The van der Waals surface area contributed by atoms with Gasteiger partial charge in [0.1, 0.15) is 11.5 Å². The molecule has 0 aliphatic heterocycles. The van der Waals surface area contributed by atoms with Gasteiger partial charge in [0, 0.05) is 6.54 Å². The van der Waals surface area contributed by atoms with Crippen molar-refractivity contribution in [2.75, 3.05) is 26.1 Å². The minimum Gasteiger partial charge on any atom is -0.497 e. The molecule has 0 radical (unpaired) electrons. The maximum atomic E-state index is 5.45. The van der Waals surface area contributed by atoms with E-state index in [2.05, 4.69) is 48.6 Å². The van der Waals surface area contributed by atoms with E-state index in [-0.39, 0.29) is 0 Å². The number of aryl methyl sites for hydroxylation is 1. The van der Waals surface area contributed by atoms with Crippen LogP contribution >= 0.6 is 0 Å². The van der Waals surface area contributed by atoms with E-state index in [0.29, 0.717) is 5.92 Å². The second-order valence-electron chi connectivity index (χ2n) is 6.06. The summed E-state index contributed by atoms with van der Waals surface area (Å²) in [6, 6.07) is 13.0. The molecule has 2 aromatic carbocycles. The van der Waals surface area contributed by atoms with Crippen LogP contribution in [0, 0.1) is 0 Å². The van der Waals surface area contributed by atoms with E-state index in [4.69, 9.17) is 9.47 Å². The van der Waals surface area contributed by atoms with E-state index in [0.717, 1.165) is 36.6 Å². The fourth-order valence-electron chi connectivity index (χ4n) is 3.45. The molecule has 3 nitrogen and oxygen atoms in total. The molecule has 3 rings (SSSR count). The molecule has 0 amide bonds. The number of hydrogen-bond acceptors (Lipinski definition) is 3. The highest BCUT2D eigenvalue weighted by molar-refractivity contribution is 5.59. The number of nitrogens with one attached hydrogen (secondary N) is 1. The Hall–Kier alpha value is -2.16. The molecular formula is C20H25NO2. The van der Waals surface area contributed by atoms with Crippen molar-refractivity contribution in [3.05, 3.63) is 53.1 Å². The van der Waals surface area contributed by atoms with Crippen molar-refractivity contribution < 1.29 is 9.47 Å². The molecule has 1 aliphatic rings. The molecule has 0 saturated heterocycles. The Morgan fingerprint density at radius 1 is 1.04 bits per heavy atom. The Balaban J connectivity index is 1.84. The first-order valence-electron chi connectivity index (χ1n) is 8.32. The summed E-state index contributed by atoms with van der Waals surface area (Å²) in [5, 5.41) is 3.40. The third kappa shape index (κ3) is 3.29. The number of fused-ring (bicyclic) bond motifs is 1. The van der Waals surface area contributed by atoms with Gasteiger partial charge in [-0.15, -0.1) is 0 Å². The van der Waals surface area contributed by atoms with E-state index in [9.17, 15) is 0 Å². The zero-order valence-electron chi connectivity index (χ0n) is 14.2. The minimum atomic E-state index is 0.569. The fraction of sp³-hybridized carbons (Fsp3) is 0.400. The van der Waals surface area contributed by atoms with E-state index in [1.165, 1.54) is 23.1 Å². The monoisotopic (exact) mass is 311 g/mol. The highest BCUT2D eigenvalue weighted by atomic mass is 16.5. The minimum absolute atomic E-state index is 0.569. The first-order valence-corrected chi connectivity index (χ1v) is 8.32. The van der Waals surface area contributed by atoms with Crippen LogP contribution in [0.4, 0.5) is 5.69 Å². The van der Waals surface area contributed by atoms with Gasteiger partial charge in [-0.1, -0.05) is 12.1 Å². The highest BCUT2D eigenvalue weighted by Crippen LogP contribution is 2.37. The van der Waals surface area contributed by atoms with Gasteiger partial charge in [0.05, 0.1) is 19.9 Å². The van der Waals surface area contributed by atoms with Crippen LogP contribution in [0.3, 0.4) is 0 Å². The summed E-state index contributed by atoms with van der Waals surface area (Å²) in [6.07, 6.45) is 3.38. The second-order valence-corrected chi connectivity index (χ2v) is 6.06. The summed E-state index contributed by atoms with van der Waals surface area (Å²) in [5.41, 5.74) is 5.36. The van der Waals surface area contributed by atoms with Crippen LogP contribution in [0.15, 0.2) is 36.4 Å². The van der Waals surface area contributed by atoms with Gasteiger partial charge in [-0.25, -0.2) is 0 Å². The molecule has 0 spiro atoms. The second kappa shape index (κ2) is 6.95. The molecule has 0 saturated carbocycles. The first-order chi connectivity index (χ1) is 11.2. The highest BCUT2D eigenvalue weighted by Gasteiger charge is 2.21. The van der Waals surface area contributed by atoms with Crippen molar-refractivity contribution in [3.8, 4) is 11.5 Å². The summed E-state index contributed by atoms with van der Waals surface area (Å²) in [6.45, 7) is 3.00. The topological polar surface area (TPSA) is 30.5 Å². The maximum absolute atomic E-state index is 5.45. The van der Waals surface area contributed by atoms with Gasteiger partial charge in [-0.05, 0) is 73.1 Å². The van der Waals surface area contributed by atoms with Crippen LogP contribution < -0.4 is 14.8 Å².